The fraction of sp³-hybridized carbons (Fsp3) is 0.500. The molecule has 0 aliphatic carbocycles. The van der Waals surface area contributed by atoms with Crippen LogP contribution in [0.15, 0.2) is 24.3 Å². The Balaban J connectivity index is 2.45. The summed E-state index contributed by atoms with van der Waals surface area (Å²) in [6, 6.07) is 7.16. The van der Waals surface area contributed by atoms with Crippen molar-refractivity contribution in [2.45, 2.75) is 46.4 Å². The van der Waals surface area contributed by atoms with E-state index in [2.05, 4.69) is 16.0 Å². The molecule has 22 heavy (non-hydrogen) atoms. The van der Waals surface area contributed by atoms with Crippen molar-refractivity contribution in [1.82, 2.24) is 10.6 Å². The van der Waals surface area contributed by atoms with Crippen molar-refractivity contribution in [2.75, 3.05) is 11.9 Å². The number of urea groups is 1. The molecule has 0 heterocycles. The highest BCUT2D eigenvalue weighted by Crippen LogP contribution is 2.09. The third-order valence-electron chi connectivity index (χ3n) is 2.88. The Morgan fingerprint density at radius 2 is 1.77 bits per heavy atom. The highest BCUT2D eigenvalue weighted by atomic mass is 16.5. The molecule has 1 aromatic carbocycles. The van der Waals surface area contributed by atoms with Crippen LogP contribution in [-0.2, 0) is 16.1 Å². The minimum absolute atomic E-state index is 0.0850. The van der Waals surface area contributed by atoms with Crippen LogP contribution < -0.4 is 16.0 Å². The van der Waals surface area contributed by atoms with Crippen LogP contribution in [0.2, 0.25) is 0 Å². The summed E-state index contributed by atoms with van der Waals surface area (Å²) in [5, 5.41) is 8.30. The van der Waals surface area contributed by atoms with Gasteiger partial charge in [-0.3, -0.25) is 4.79 Å². The molecule has 0 aromatic heterocycles. The van der Waals surface area contributed by atoms with Crippen LogP contribution in [0, 0.1) is 0 Å². The molecule has 0 spiro atoms. The smallest absolute Gasteiger partial charge is 0.319 e. The van der Waals surface area contributed by atoms with Gasteiger partial charge in [-0.05, 0) is 45.4 Å². The van der Waals surface area contributed by atoms with Gasteiger partial charge in [0.25, 0.3) is 0 Å². The number of hydrogen-bond acceptors (Lipinski definition) is 3. The second kappa shape index (κ2) is 9.04. The predicted octanol–water partition coefficient (Wildman–Crippen LogP) is 2.26. The molecule has 0 saturated heterocycles. The molecule has 0 saturated carbocycles. The highest BCUT2D eigenvalue weighted by molar-refractivity contribution is 5.89. The lowest BCUT2D eigenvalue weighted by Gasteiger charge is -2.13. The van der Waals surface area contributed by atoms with Gasteiger partial charge in [-0.2, -0.15) is 0 Å². The molecule has 122 valence electrons. The Morgan fingerprint density at radius 1 is 1.14 bits per heavy atom. The van der Waals surface area contributed by atoms with Crippen LogP contribution in [0.3, 0.4) is 0 Å². The number of benzene rings is 1. The minimum atomic E-state index is -0.453. The summed E-state index contributed by atoms with van der Waals surface area (Å²) >= 11 is 0. The van der Waals surface area contributed by atoms with Gasteiger partial charge in [0.15, 0.2) is 0 Å². The van der Waals surface area contributed by atoms with Crippen LogP contribution in [0.1, 0.15) is 33.3 Å². The van der Waals surface area contributed by atoms with Crippen LogP contribution in [0.5, 0.6) is 0 Å². The average Bonchev–Trinajstić information content (AvgIpc) is 2.45. The van der Waals surface area contributed by atoms with Crippen molar-refractivity contribution in [3.63, 3.8) is 0 Å². The van der Waals surface area contributed by atoms with E-state index >= 15 is 0 Å². The van der Waals surface area contributed by atoms with Crippen molar-refractivity contribution in [3.05, 3.63) is 29.8 Å². The molecule has 6 heteroatoms. The number of nitrogens with one attached hydrogen (secondary N) is 3. The van der Waals surface area contributed by atoms with E-state index in [-0.39, 0.29) is 18.0 Å². The summed E-state index contributed by atoms with van der Waals surface area (Å²) in [7, 11) is 0. The number of carbonyl (C=O) groups excluding carboxylic acids is 2. The summed E-state index contributed by atoms with van der Waals surface area (Å²) < 4.78 is 5.22. The molecule has 0 aliphatic heterocycles. The maximum absolute atomic E-state index is 11.7. The molecule has 0 unspecified atom stereocenters. The standard InChI is InChI=1S/C16H25N3O3/c1-5-22-12(4)15(20)17-10-13-6-8-14(9-7-13)19-16(21)18-11(2)3/h6-9,11-12H,5,10H2,1-4H3,(H,17,20)(H2,18,19,21)/t12-/m0/s1. The molecule has 1 aromatic rings. The molecule has 1 atom stereocenters. The lowest BCUT2D eigenvalue weighted by molar-refractivity contribution is -0.131. The Kier molecular flexibility index (Phi) is 7.39. The molecule has 0 radical (unpaired) electrons. The van der Waals surface area contributed by atoms with Gasteiger partial charge in [0.2, 0.25) is 5.91 Å². The molecule has 0 aliphatic rings. The second-order valence-corrected chi connectivity index (χ2v) is 5.27. The summed E-state index contributed by atoms with van der Waals surface area (Å²) in [6.07, 6.45) is -0.453. The Labute approximate surface area is 131 Å². The molecule has 3 amide bonds. The molecule has 0 fully saturated rings. The lowest BCUT2D eigenvalue weighted by atomic mass is 10.2. The normalized spacial score (nSPS) is 11.9. The quantitative estimate of drug-likeness (QED) is 0.723. The minimum Gasteiger partial charge on any atom is -0.369 e. The van der Waals surface area contributed by atoms with Crippen LogP contribution in [0.25, 0.3) is 0 Å². The summed E-state index contributed by atoms with van der Waals surface area (Å²) in [5.74, 6) is -0.139. The van der Waals surface area contributed by atoms with Crippen LogP contribution in [-0.4, -0.2) is 30.7 Å². The number of amides is 3. The van der Waals surface area contributed by atoms with Crippen molar-refractivity contribution in [1.29, 1.82) is 0 Å². The number of ether oxygens (including phenoxy) is 1. The van der Waals surface area contributed by atoms with Gasteiger partial charge in [-0.25, -0.2) is 4.79 Å². The van der Waals surface area contributed by atoms with E-state index in [1.165, 1.54) is 0 Å². The summed E-state index contributed by atoms with van der Waals surface area (Å²) in [4.78, 5) is 23.3. The first kappa shape index (κ1) is 18.0. The van der Waals surface area contributed by atoms with Crippen molar-refractivity contribution in [3.8, 4) is 0 Å². The number of anilines is 1. The number of rotatable bonds is 7. The third-order valence-corrected chi connectivity index (χ3v) is 2.88. The average molecular weight is 307 g/mol. The molecule has 6 nitrogen and oxygen atoms in total. The maximum atomic E-state index is 11.7. The van der Waals surface area contributed by atoms with Gasteiger partial charge in [-0.15, -0.1) is 0 Å². The third kappa shape index (κ3) is 6.58. The van der Waals surface area contributed by atoms with Gasteiger partial charge in [0, 0.05) is 24.9 Å². The molecule has 3 N–H and O–H groups in total. The van der Waals surface area contributed by atoms with E-state index < -0.39 is 6.10 Å². The number of hydrogen-bond donors (Lipinski definition) is 3. The van der Waals surface area contributed by atoms with E-state index in [0.29, 0.717) is 18.8 Å². The zero-order valence-corrected chi connectivity index (χ0v) is 13.6. The monoisotopic (exact) mass is 307 g/mol. The van der Waals surface area contributed by atoms with Gasteiger partial charge < -0.3 is 20.7 Å². The predicted molar refractivity (Wildman–Crippen MR) is 86.7 cm³/mol. The van der Waals surface area contributed by atoms with E-state index in [0.717, 1.165) is 5.56 Å². The SMILES string of the molecule is CCO[C@@H](C)C(=O)NCc1ccc(NC(=O)NC(C)C)cc1. The Morgan fingerprint density at radius 3 is 2.32 bits per heavy atom. The molecule has 0 bridgehead atoms. The first-order valence-corrected chi connectivity index (χ1v) is 7.48. The Bertz CT molecular complexity index is 486. The van der Waals surface area contributed by atoms with Gasteiger partial charge in [0.1, 0.15) is 6.10 Å². The fourth-order valence-electron chi connectivity index (χ4n) is 1.79. The fourth-order valence-corrected chi connectivity index (χ4v) is 1.79. The van der Waals surface area contributed by atoms with E-state index in [1.807, 2.05) is 32.9 Å². The molecular weight excluding hydrogens is 282 g/mol. The van der Waals surface area contributed by atoms with Crippen molar-refractivity contribution >= 4 is 17.6 Å². The number of carbonyl (C=O) groups is 2. The van der Waals surface area contributed by atoms with Crippen LogP contribution in [0.4, 0.5) is 10.5 Å². The van der Waals surface area contributed by atoms with Crippen molar-refractivity contribution < 1.29 is 14.3 Å². The van der Waals surface area contributed by atoms with Crippen molar-refractivity contribution in [2.24, 2.45) is 0 Å². The Hall–Kier alpha value is -2.08. The first-order valence-electron chi connectivity index (χ1n) is 7.48. The first-order chi connectivity index (χ1) is 10.4. The summed E-state index contributed by atoms with van der Waals surface area (Å²) in [5.41, 5.74) is 1.66. The van der Waals surface area contributed by atoms with Gasteiger partial charge in [0.05, 0.1) is 0 Å². The van der Waals surface area contributed by atoms with E-state index in [1.54, 1.807) is 19.1 Å². The molecular formula is C16H25N3O3. The lowest BCUT2D eigenvalue weighted by Crippen LogP contribution is -2.34. The zero-order chi connectivity index (χ0) is 16.5. The zero-order valence-electron chi connectivity index (χ0n) is 13.6. The second-order valence-electron chi connectivity index (χ2n) is 5.27. The topological polar surface area (TPSA) is 79.5 Å². The van der Waals surface area contributed by atoms with E-state index in [4.69, 9.17) is 4.74 Å². The highest BCUT2D eigenvalue weighted by Gasteiger charge is 2.11. The largest absolute Gasteiger partial charge is 0.369 e. The summed E-state index contributed by atoms with van der Waals surface area (Å²) in [6.45, 7) is 8.30. The van der Waals surface area contributed by atoms with E-state index in [9.17, 15) is 9.59 Å². The maximum Gasteiger partial charge on any atom is 0.319 e. The van der Waals surface area contributed by atoms with Gasteiger partial charge >= 0.3 is 6.03 Å². The van der Waals surface area contributed by atoms with Crippen LogP contribution >= 0.6 is 0 Å². The molecule has 1 rings (SSSR count). The van der Waals surface area contributed by atoms with Gasteiger partial charge in [-0.1, -0.05) is 12.1 Å².